The smallest absolute Gasteiger partial charge is 0.0499 e. The number of hydrogen-bond donors (Lipinski definition) is 1. The molecule has 0 bridgehead atoms. The van der Waals surface area contributed by atoms with Crippen LogP contribution in [0.1, 0.15) is 72.6 Å². The van der Waals surface area contributed by atoms with E-state index in [1.54, 1.807) is 0 Å². The normalized spacial score (nSPS) is 19.2. The van der Waals surface area contributed by atoms with Gasteiger partial charge in [-0.3, -0.25) is 0 Å². The first-order chi connectivity index (χ1) is 9.47. The molecular weight excluding hydrogens is 246 g/mol. The number of aliphatic hydroxyl groups is 1. The summed E-state index contributed by atoms with van der Waals surface area (Å²) < 4.78 is 0. The van der Waals surface area contributed by atoms with E-state index in [0.29, 0.717) is 6.61 Å². The second-order valence-corrected chi connectivity index (χ2v) is 7.86. The van der Waals surface area contributed by atoms with Crippen LogP contribution >= 0.6 is 0 Å². The molecule has 0 amide bonds. The third-order valence-corrected chi connectivity index (χ3v) is 4.85. The van der Waals surface area contributed by atoms with E-state index in [2.05, 4.69) is 32.6 Å². The number of nitrogens with zero attached hydrogens (tertiary/aromatic N) is 1. The quantitative estimate of drug-likeness (QED) is 0.681. The van der Waals surface area contributed by atoms with Crippen molar-refractivity contribution in [2.24, 2.45) is 17.3 Å². The molecule has 0 heterocycles. The molecule has 1 aliphatic carbocycles. The van der Waals surface area contributed by atoms with Gasteiger partial charge in [-0.1, -0.05) is 47.0 Å². The molecule has 0 radical (unpaired) electrons. The van der Waals surface area contributed by atoms with Crippen LogP contribution in [0.15, 0.2) is 0 Å². The van der Waals surface area contributed by atoms with Crippen LogP contribution in [0.4, 0.5) is 0 Å². The second kappa shape index (κ2) is 9.04. The Kier molecular flexibility index (Phi) is 8.13. The molecule has 1 saturated carbocycles. The van der Waals surface area contributed by atoms with Gasteiger partial charge in [-0.25, -0.2) is 0 Å². The van der Waals surface area contributed by atoms with Crippen molar-refractivity contribution in [1.29, 1.82) is 0 Å². The van der Waals surface area contributed by atoms with Crippen LogP contribution in [0.5, 0.6) is 0 Å². The molecule has 20 heavy (non-hydrogen) atoms. The van der Waals surface area contributed by atoms with Gasteiger partial charge in [-0.2, -0.15) is 0 Å². The van der Waals surface area contributed by atoms with Crippen molar-refractivity contribution in [3.63, 3.8) is 0 Å². The summed E-state index contributed by atoms with van der Waals surface area (Å²) in [5, 5.41) is 9.92. The lowest BCUT2D eigenvalue weighted by Gasteiger charge is -2.40. The van der Waals surface area contributed by atoms with Gasteiger partial charge in [-0.05, 0) is 50.6 Å². The Morgan fingerprint density at radius 2 is 1.40 bits per heavy atom. The Morgan fingerprint density at radius 3 is 1.80 bits per heavy atom. The van der Waals surface area contributed by atoms with Crippen LogP contribution in [0.25, 0.3) is 0 Å². The van der Waals surface area contributed by atoms with E-state index in [1.807, 2.05) is 0 Å². The summed E-state index contributed by atoms with van der Waals surface area (Å²) >= 11 is 0. The predicted molar refractivity (Wildman–Crippen MR) is 88.0 cm³/mol. The van der Waals surface area contributed by atoms with Crippen molar-refractivity contribution in [2.75, 3.05) is 26.2 Å². The highest BCUT2D eigenvalue weighted by atomic mass is 16.3. The van der Waals surface area contributed by atoms with E-state index >= 15 is 0 Å². The molecular formula is C18H37NO. The minimum absolute atomic E-state index is 0.201. The van der Waals surface area contributed by atoms with Crippen LogP contribution in [0.2, 0.25) is 0 Å². The summed E-state index contributed by atoms with van der Waals surface area (Å²) in [4.78, 5) is 2.64. The molecule has 1 rings (SSSR count). The van der Waals surface area contributed by atoms with E-state index in [4.69, 9.17) is 0 Å². The topological polar surface area (TPSA) is 23.5 Å². The van der Waals surface area contributed by atoms with Gasteiger partial charge in [0.15, 0.2) is 0 Å². The zero-order valence-electron chi connectivity index (χ0n) is 14.3. The highest BCUT2D eigenvalue weighted by Crippen LogP contribution is 2.36. The van der Waals surface area contributed by atoms with E-state index in [-0.39, 0.29) is 5.41 Å². The predicted octanol–water partition coefficient (Wildman–Crippen LogP) is 4.32. The molecule has 2 nitrogen and oxygen atoms in total. The fourth-order valence-corrected chi connectivity index (χ4v) is 3.29. The zero-order valence-corrected chi connectivity index (χ0v) is 14.3. The molecule has 1 N–H and O–H groups in total. The zero-order chi connectivity index (χ0) is 15.0. The molecule has 0 spiro atoms. The van der Waals surface area contributed by atoms with Gasteiger partial charge in [0.25, 0.3) is 0 Å². The summed E-state index contributed by atoms with van der Waals surface area (Å²) in [6.07, 6.45) is 8.98. The molecule has 0 atom stereocenters. The lowest BCUT2D eigenvalue weighted by Crippen LogP contribution is -2.42. The Hall–Kier alpha value is -0.0800. The molecule has 1 aliphatic rings. The second-order valence-electron chi connectivity index (χ2n) is 7.86. The standard InChI is InChI=1S/C18H37NO/c1-16(2)8-12-19(13-9-17(3)4)14-18(15-20)10-6-5-7-11-18/h16-17,20H,5-15H2,1-4H3. The van der Waals surface area contributed by atoms with E-state index < -0.39 is 0 Å². The minimum atomic E-state index is 0.201. The highest BCUT2D eigenvalue weighted by Gasteiger charge is 2.33. The lowest BCUT2D eigenvalue weighted by molar-refractivity contribution is 0.0375. The summed E-state index contributed by atoms with van der Waals surface area (Å²) in [7, 11) is 0. The first kappa shape index (κ1) is 18.0. The van der Waals surface area contributed by atoms with Crippen molar-refractivity contribution in [3.05, 3.63) is 0 Å². The van der Waals surface area contributed by atoms with Crippen molar-refractivity contribution < 1.29 is 5.11 Å². The molecule has 0 aromatic rings. The average molecular weight is 284 g/mol. The van der Waals surface area contributed by atoms with Gasteiger partial charge >= 0.3 is 0 Å². The van der Waals surface area contributed by atoms with Crippen molar-refractivity contribution >= 4 is 0 Å². The number of aliphatic hydroxyl groups excluding tert-OH is 1. The third-order valence-electron chi connectivity index (χ3n) is 4.85. The van der Waals surface area contributed by atoms with E-state index in [1.165, 1.54) is 58.0 Å². The molecule has 0 aliphatic heterocycles. The van der Waals surface area contributed by atoms with Gasteiger partial charge in [0.2, 0.25) is 0 Å². The third kappa shape index (κ3) is 6.58. The monoisotopic (exact) mass is 283 g/mol. The number of rotatable bonds is 9. The van der Waals surface area contributed by atoms with Gasteiger partial charge in [-0.15, -0.1) is 0 Å². The molecule has 120 valence electrons. The van der Waals surface area contributed by atoms with Gasteiger partial charge in [0.1, 0.15) is 0 Å². The summed E-state index contributed by atoms with van der Waals surface area (Å²) in [6, 6.07) is 0. The fourth-order valence-electron chi connectivity index (χ4n) is 3.29. The Labute approximate surface area is 126 Å². The Bertz CT molecular complexity index is 232. The lowest BCUT2D eigenvalue weighted by atomic mass is 9.74. The molecule has 0 aromatic carbocycles. The molecule has 1 fully saturated rings. The van der Waals surface area contributed by atoms with E-state index in [9.17, 15) is 5.11 Å². The minimum Gasteiger partial charge on any atom is -0.396 e. The van der Waals surface area contributed by atoms with Crippen molar-refractivity contribution in [3.8, 4) is 0 Å². The maximum atomic E-state index is 9.92. The van der Waals surface area contributed by atoms with Crippen LogP contribution in [0.3, 0.4) is 0 Å². The maximum Gasteiger partial charge on any atom is 0.0499 e. The van der Waals surface area contributed by atoms with Crippen LogP contribution < -0.4 is 0 Å². The van der Waals surface area contributed by atoms with Crippen LogP contribution in [-0.4, -0.2) is 36.2 Å². The fraction of sp³-hybridized carbons (Fsp3) is 1.00. The first-order valence-corrected chi connectivity index (χ1v) is 8.81. The Morgan fingerprint density at radius 1 is 0.900 bits per heavy atom. The maximum absolute atomic E-state index is 9.92. The van der Waals surface area contributed by atoms with Crippen molar-refractivity contribution in [1.82, 2.24) is 4.90 Å². The first-order valence-electron chi connectivity index (χ1n) is 8.81. The SMILES string of the molecule is CC(C)CCN(CCC(C)C)CC1(CO)CCCCC1. The van der Waals surface area contributed by atoms with Crippen LogP contribution in [0, 0.1) is 17.3 Å². The summed E-state index contributed by atoms with van der Waals surface area (Å²) in [5.74, 6) is 1.54. The van der Waals surface area contributed by atoms with Crippen molar-refractivity contribution in [2.45, 2.75) is 72.6 Å². The van der Waals surface area contributed by atoms with Gasteiger partial charge in [0, 0.05) is 18.6 Å². The Balaban J connectivity index is 2.55. The molecule has 0 unspecified atom stereocenters. The van der Waals surface area contributed by atoms with Gasteiger partial charge in [0.05, 0.1) is 0 Å². The molecule has 2 heteroatoms. The number of hydrogen-bond acceptors (Lipinski definition) is 2. The highest BCUT2D eigenvalue weighted by molar-refractivity contribution is 4.85. The summed E-state index contributed by atoms with van der Waals surface area (Å²) in [6.45, 7) is 13.1. The van der Waals surface area contributed by atoms with Gasteiger partial charge < -0.3 is 10.0 Å². The average Bonchev–Trinajstić information content (AvgIpc) is 2.42. The summed E-state index contributed by atoms with van der Waals surface area (Å²) in [5.41, 5.74) is 0.201. The van der Waals surface area contributed by atoms with Crippen LogP contribution in [-0.2, 0) is 0 Å². The molecule has 0 saturated heterocycles. The largest absolute Gasteiger partial charge is 0.396 e. The van der Waals surface area contributed by atoms with E-state index in [0.717, 1.165) is 18.4 Å². The molecule has 0 aromatic heterocycles.